The van der Waals surface area contributed by atoms with Crippen molar-refractivity contribution in [2.45, 2.75) is 101 Å². The fourth-order valence-corrected chi connectivity index (χ4v) is 8.84. The number of rotatable bonds is 8. The number of halogens is 1. The normalized spacial score (nSPS) is 30.8. The number of methoxy groups -OCH3 is 1. The van der Waals surface area contributed by atoms with Gasteiger partial charge in [-0.15, -0.1) is 0 Å². The SMILES string of the molecule is CC[C@@H]1C[C@@H](C)CC/C=C\[C@@H]2C[C@@]2(C(=O)NS(=O)(=O)C2(C)CC2)NC(=O)[C@@H]2C[C@@H](Oc3ncc(OC)c4ccc(F)cc34)CN2C(=O)[C@H]1NC(=O)O. The number of carbonyl (C=O) groups excluding carboxylic acids is 3. The Kier molecular flexibility index (Phi) is 10.2. The fourth-order valence-electron chi connectivity index (χ4n) is 7.53. The molecule has 2 aliphatic carbocycles. The summed E-state index contributed by atoms with van der Waals surface area (Å²) in [6.45, 7) is 5.31. The molecule has 4 amide bonds. The van der Waals surface area contributed by atoms with Crippen LogP contribution in [-0.2, 0) is 24.4 Å². The summed E-state index contributed by atoms with van der Waals surface area (Å²) >= 11 is 0. The summed E-state index contributed by atoms with van der Waals surface area (Å²) in [6.07, 6.45) is 6.16. The number of allylic oxidation sites excluding steroid dienone is 1. The van der Waals surface area contributed by atoms with Crippen LogP contribution in [0.5, 0.6) is 11.6 Å². The first-order valence-electron chi connectivity index (χ1n) is 17.8. The highest BCUT2D eigenvalue weighted by molar-refractivity contribution is 7.91. The van der Waals surface area contributed by atoms with Gasteiger partial charge in [-0.1, -0.05) is 32.4 Å². The quantitative estimate of drug-likeness (QED) is 0.290. The second-order valence-corrected chi connectivity index (χ2v) is 17.1. The summed E-state index contributed by atoms with van der Waals surface area (Å²) in [4.78, 5) is 60.3. The van der Waals surface area contributed by atoms with Crippen molar-refractivity contribution in [2.24, 2.45) is 17.8 Å². The number of sulfonamides is 1. The fraction of sp³-hybridized carbons (Fsp3) is 0.583. The number of carboxylic acid groups (broad SMARTS) is 1. The van der Waals surface area contributed by atoms with E-state index in [1.165, 1.54) is 36.4 Å². The lowest BCUT2D eigenvalue weighted by atomic mass is 9.85. The Morgan fingerprint density at radius 2 is 1.94 bits per heavy atom. The second kappa shape index (κ2) is 14.2. The van der Waals surface area contributed by atoms with E-state index in [1.54, 1.807) is 6.92 Å². The lowest BCUT2D eigenvalue weighted by Gasteiger charge is -2.33. The van der Waals surface area contributed by atoms with E-state index in [2.05, 4.69) is 20.3 Å². The van der Waals surface area contributed by atoms with Crippen molar-refractivity contribution >= 4 is 44.6 Å². The zero-order valence-corrected chi connectivity index (χ0v) is 30.5. The van der Waals surface area contributed by atoms with Crippen LogP contribution in [0.25, 0.3) is 10.8 Å². The van der Waals surface area contributed by atoms with Crippen LogP contribution in [0, 0.1) is 23.6 Å². The van der Waals surface area contributed by atoms with E-state index in [9.17, 15) is 37.1 Å². The zero-order chi connectivity index (χ0) is 37.6. The summed E-state index contributed by atoms with van der Waals surface area (Å²) < 4.78 is 53.4. The van der Waals surface area contributed by atoms with Crippen LogP contribution < -0.4 is 24.8 Å². The maximum atomic E-state index is 14.5. The molecule has 3 heterocycles. The summed E-state index contributed by atoms with van der Waals surface area (Å²) in [7, 11) is -2.57. The lowest BCUT2D eigenvalue weighted by molar-refractivity contribution is -0.142. The highest BCUT2D eigenvalue weighted by Crippen LogP contribution is 2.47. The molecule has 52 heavy (non-hydrogen) atoms. The molecule has 0 bridgehead atoms. The van der Waals surface area contributed by atoms with Crippen molar-refractivity contribution in [2.75, 3.05) is 13.7 Å². The third kappa shape index (κ3) is 7.26. The molecule has 1 saturated heterocycles. The van der Waals surface area contributed by atoms with E-state index in [1.807, 2.05) is 26.0 Å². The Morgan fingerprint density at radius 1 is 1.19 bits per heavy atom. The summed E-state index contributed by atoms with van der Waals surface area (Å²) in [5, 5.41) is 15.9. The Morgan fingerprint density at radius 3 is 2.62 bits per heavy atom. The minimum absolute atomic E-state index is 0.0402. The van der Waals surface area contributed by atoms with Crippen molar-refractivity contribution in [1.29, 1.82) is 0 Å². The van der Waals surface area contributed by atoms with Crippen LogP contribution >= 0.6 is 0 Å². The average Bonchev–Trinajstić information content (AvgIpc) is 3.97. The molecule has 4 N–H and O–H groups in total. The van der Waals surface area contributed by atoms with E-state index in [-0.39, 0.29) is 31.2 Å². The molecule has 1 aromatic heterocycles. The number of carbonyl (C=O) groups is 4. The predicted molar refractivity (Wildman–Crippen MR) is 187 cm³/mol. The van der Waals surface area contributed by atoms with Crippen LogP contribution in [0.3, 0.4) is 0 Å². The van der Waals surface area contributed by atoms with E-state index in [4.69, 9.17) is 9.47 Å². The first-order valence-corrected chi connectivity index (χ1v) is 19.2. The molecular weight excluding hydrogens is 697 g/mol. The highest BCUT2D eigenvalue weighted by atomic mass is 32.2. The number of pyridine rings is 1. The van der Waals surface area contributed by atoms with Gasteiger partial charge in [0, 0.05) is 17.7 Å². The largest absolute Gasteiger partial charge is 0.494 e. The molecular formula is C36H46FN5O9S. The molecule has 6 rings (SSSR count). The molecule has 7 atom stereocenters. The van der Waals surface area contributed by atoms with Gasteiger partial charge in [-0.05, 0) is 75.5 Å². The molecule has 0 radical (unpaired) electrons. The van der Waals surface area contributed by atoms with Gasteiger partial charge >= 0.3 is 6.09 Å². The third-order valence-electron chi connectivity index (χ3n) is 11.2. The Balaban J connectivity index is 1.36. The van der Waals surface area contributed by atoms with Crippen LogP contribution in [-0.4, -0.2) is 89.4 Å². The Bertz CT molecular complexity index is 1900. The van der Waals surface area contributed by atoms with Gasteiger partial charge in [-0.2, -0.15) is 0 Å². The average molecular weight is 744 g/mol. The molecule has 14 nitrogen and oxygen atoms in total. The summed E-state index contributed by atoms with van der Waals surface area (Å²) in [6, 6.07) is 1.61. The predicted octanol–water partition coefficient (Wildman–Crippen LogP) is 3.64. The number of nitrogens with zero attached hydrogens (tertiary/aromatic N) is 2. The van der Waals surface area contributed by atoms with Gasteiger partial charge in [0.15, 0.2) is 0 Å². The number of nitrogens with one attached hydrogen (secondary N) is 3. The maximum absolute atomic E-state index is 14.5. The minimum atomic E-state index is -4.03. The van der Waals surface area contributed by atoms with Crippen LogP contribution in [0.4, 0.5) is 9.18 Å². The summed E-state index contributed by atoms with van der Waals surface area (Å²) in [5.41, 5.74) is -1.58. The molecule has 4 aliphatic rings. The van der Waals surface area contributed by atoms with Gasteiger partial charge in [0.1, 0.15) is 35.3 Å². The lowest BCUT2D eigenvalue weighted by Crippen LogP contribution is -2.59. The maximum Gasteiger partial charge on any atom is 0.405 e. The molecule has 2 aliphatic heterocycles. The van der Waals surface area contributed by atoms with Gasteiger partial charge in [0.05, 0.1) is 30.0 Å². The number of fused-ring (bicyclic) bond motifs is 3. The van der Waals surface area contributed by atoms with Crippen LogP contribution in [0.1, 0.15) is 72.1 Å². The molecule has 1 aromatic carbocycles. The van der Waals surface area contributed by atoms with E-state index >= 15 is 0 Å². The van der Waals surface area contributed by atoms with Gasteiger partial charge in [-0.3, -0.25) is 19.1 Å². The molecule has 0 spiro atoms. The number of benzene rings is 1. The zero-order valence-electron chi connectivity index (χ0n) is 29.7. The van der Waals surface area contributed by atoms with Crippen molar-refractivity contribution < 1.29 is 46.6 Å². The monoisotopic (exact) mass is 743 g/mol. The van der Waals surface area contributed by atoms with E-state index in [0.717, 1.165) is 6.42 Å². The van der Waals surface area contributed by atoms with Gasteiger partial charge in [0.25, 0.3) is 5.91 Å². The molecule has 0 unspecified atom stereocenters. The van der Waals surface area contributed by atoms with Gasteiger partial charge in [0.2, 0.25) is 27.7 Å². The third-order valence-corrected chi connectivity index (χ3v) is 13.3. The van der Waals surface area contributed by atoms with Crippen molar-refractivity contribution in [1.82, 2.24) is 25.2 Å². The minimum Gasteiger partial charge on any atom is -0.494 e. The number of ether oxygens (including phenoxy) is 2. The topological polar surface area (TPSA) is 193 Å². The van der Waals surface area contributed by atoms with E-state index < -0.39 is 80.0 Å². The number of hydrogen-bond donors (Lipinski definition) is 4. The molecule has 2 saturated carbocycles. The smallest absolute Gasteiger partial charge is 0.405 e. The van der Waals surface area contributed by atoms with Crippen molar-refractivity contribution in [3.05, 3.63) is 42.4 Å². The van der Waals surface area contributed by atoms with E-state index in [0.29, 0.717) is 48.6 Å². The molecule has 16 heteroatoms. The van der Waals surface area contributed by atoms with Gasteiger partial charge < -0.3 is 30.1 Å². The molecule has 2 aromatic rings. The number of aromatic nitrogens is 1. The van der Waals surface area contributed by atoms with Crippen molar-refractivity contribution in [3.8, 4) is 11.6 Å². The summed E-state index contributed by atoms with van der Waals surface area (Å²) in [5.74, 6) is -3.11. The molecule has 3 fully saturated rings. The first-order chi connectivity index (χ1) is 24.6. The standard InChI is InChI=1S/C36H46FN5O9S/c1-5-21-14-20(2)8-6-7-9-22-17-36(22,33(45)41-52(48,49)35(3)12-13-35)40-30(43)27-16-24(19-42(27)32(44)29(21)39-34(46)47)51-31-26-15-23(37)10-11-25(26)28(50-4)18-38-31/h7,9-11,15,18,20-22,24,27,29,39H,5-6,8,12-14,16-17,19H2,1-4H3,(H,40,43)(H,41,45)(H,46,47)/b9-7-/t20-,21+,22+,24+,27-,29-,36+/m0/s1. The first kappa shape index (κ1) is 37.3. The Hall–Kier alpha value is -4.47. The van der Waals surface area contributed by atoms with Crippen LogP contribution in [0.15, 0.2) is 36.5 Å². The van der Waals surface area contributed by atoms with Gasteiger partial charge in [-0.25, -0.2) is 22.6 Å². The number of amides is 4. The van der Waals surface area contributed by atoms with Crippen LogP contribution in [0.2, 0.25) is 0 Å². The second-order valence-electron chi connectivity index (χ2n) is 14.9. The highest BCUT2D eigenvalue weighted by Gasteiger charge is 2.63. The number of hydrogen-bond acceptors (Lipinski definition) is 9. The molecule has 282 valence electrons. The Labute approximate surface area is 301 Å². The van der Waals surface area contributed by atoms with Crippen molar-refractivity contribution in [3.63, 3.8) is 0 Å².